The van der Waals surface area contributed by atoms with Crippen LogP contribution in [0.3, 0.4) is 0 Å². The fraction of sp³-hybridized carbons (Fsp3) is 0.796. The number of nitrogens with zero attached hydrogens (tertiary/aromatic N) is 1. The normalized spacial score (nSPS) is 15.2. The number of amides is 10. The third-order valence-electron chi connectivity index (χ3n) is 13.7. The second-order valence-electron chi connectivity index (χ2n) is 20.8. The van der Waals surface area contributed by atoms with Crippen molar-refractivity contribution in [2.45, 2.75) is 244 Å². The highest BCUT2D eigenvalue weighted by molar-refractivity contribution is 5.98. The molecule has 27 heteroatoms. The van der Waals surface area contributed by atoms with Crippen LogP contribution in [-0.2, 0) is 47.9 Å². The number of carbonyl (C=O) groups is 10. The predicted octanol–water partition coefficient (Wildman–Crippen LogP) is -1.71. The highest BCUT2D eigenvalue weighted by atomic mass is 16.3. The van der Waals surface area contributed by atoms with Gasteiger partial charge in [-0.1, -0.05) is 99.3 Å². The van der Waals surface area contributed by atoms with Gasteiger partial charge in [0.1, 0.15) is 54.4 Å². The largest absolute Gasteiger partial charge is 0.391 e. The summed E-state index contributed by atoms with van der Waals surface area (Å²) in [6.45, 7) is 12.6. The molecule has 27 nitrogen and oxygen atoms in total. The third kappa shape index (κ3) is 31.0. The molecule has 0 spiro atoms. The molecule has 0 heterocycles. The van der Waals surface area contributed by atoms with E-state index < -0.39 is 125 Å². The molecule has 0 aliphatic heterocycles. The summed E-state index contributed by atoms with van der Waals surface area (Å²) in [5.74, 6) is -8.09. The SMILES string of the molecule is CCCC[C@H](NC(=O)[C@H](CCCC)NC(=O)[C@@H](NC(=O)[C@H](CCCCN)NC(=O)[C@@H](NC(=O)[C@H](CCCN=C(N)N)NC(=O)[C@H](CCCCN)NC(=O)[C@H](CCCC)NC(=O)[C@H](CCCC)NC(=O)CN)[C@@H](C)CC)[C@@H](C)O)C(N)=O. The molecule has 0 unspecified atom stereocenters. The van der Waals surface area contributed by atoms with Crippen molar-refractivity contribution in [3.05, 3.63) is 0 Å². The number of aliphatic hydroxyl groups excluding tert-OH is 1. The first-order valence-electron chi connectivity index (χ1n) is 29.4. The average Bonchev–Trinajstić information content (AvgIpc) is 3.43. The highest BCUT2D eigenvalue weighted by Crippen LogP contribution is 2.14. The van der Waals surface area contributed by atoms with Crippen LogP contribution in [0, 0.1) is 5.92 Å². The van der Waals surface area contributed by atoms with Gasteiger partial charge in [0, 0.05) is 6.54 Å². The van der Waals surface area contributed by atoms with Gasteiger partial charge in [-0.3, -0.25) is 52.9 Å². The standard InChI is InChI=1S/C54H104N16O11/c1-8-13-22-35(45(58)73)63-47(75)38(25-16-11-4)68-53(81)44(34(7)71)70-51(79)40(27-18-20-30-56)67-52(80)43(33(6)12-5)69-50(78)41(28-21-31-61-54(59)60)66-49(77)39(26-17-19-29-55)65-48(76)37(24-15-10-3)64-46(74)36(23-14-9-2)62-42(72)32-57/h33-41,43-44,71H,8-32,55-57H2,1-7H3,(H2,58,73)(H,62,72)(H,63,75)(H,64,74)(H,65,76)(H,66,77)(H,67,80)(H,68,81)(H,69,78)(H,70,79)(H4,59,60,61)/t33-,34+,35-,36-,37-,38-,39-,40-,41-,43-,44-/m0/s1. The van der Waals surface area contributed by atoms with Gasteiger partial charge in [-0.25, -0.2) is 0 Å². The Bertz CT molecular complexity index is 1960. The lowest BCUT2D eigenvalue weighted by Gasteiger charge is -2.30. The number of primary amides is 1. The van der Waals surface area contributed by atoms with E-state index in [1.165, 1.54) is 6.92 Å². The van der Waals surface area contributed by atoms with Crippen LogP contribution in [-0.4, -0.2) is 157 Å². The summed E-state index contributed by atoms with van der Waals surface area (Å²) in [7, 11) is 0. The molecule has 0 rings (SSSR count). The van der Waals surface area contributed by atoms with E-state index in [2.05, 4.69) is 52.8 Å². The van der Waals surface area contributed by atoms with Crippen LogP contribution in [0.2, 0.25) is 0 Å². The Morgan fingerprint density at radius 3 is 1.04 bits per heavy atom. The second kappa shape index (κ2) is 43.5. The summed E-state index contributed by atoms with van der Waals surface area (Å²) in [6.07, 6.45) is 6.75. The van der Waals surface area contributed by atoms with E-state index in [1.807, 2.05) is 27.7 Å². The maximum absolute atomic E-state index is 14.5. The van der Waals surface area contributed by atoms with E-state index in [4.69, 9.17) is 34.4 Å². The number of unbranched alkanes of at least 4 members (excludes halogenated alkanes) is 6. The summed E-state index contributed by atoms with van der Waals surface area (Å²) >= 11 is 0. The van der Waals surface area contributed by atoms with Crippen LogP contribution in [0.25, 0.3) is 0 Å². The van der Waals surface area contributed by atoms with Crippen LogP contribution in [0.4, 0.5) is 0 Å². The molecular formula is C54H104N16O11. The average molecular weight is 1150 g/mol. The summed E-state index contributed by atoms with van der Waals surface area (Å²) < 4.78 is 0. The van der Waals surface area contributed by atoms with Gasteiger partial charge in [-0.2, -0.15) is 0 Å². The molecule has 81 heavy (non-hydrogen) atoms. The Labute approximate surface area is 479 Å². The number of aliphatic hydroxyl groups is 1. The molecule has 0 radical (unpaired) electrons. The molecule has 0 aromatic rings. The van der Waals surface area contributed by atoms with Crippen LogP contribution in [0.15, 0.2) is 4.99 Å². The van der Waals surface area contributed by atoms with Gasteiger partial charge in [-0.15, -0.1) is 0 Å². The molecule has 10 amide bonds. The van der Waals surface area contributed by atoms with Gasteiger partial charge >= 0.3 is 0 Å². The van der Waals surface area contributed by atoms with Gasteiger partial charge in [0.15, 0.2) is 5.96 Å². The lowest BCUT2D eigenvalue weighted by molar-refractivity contribution is -0.137. The number of guanidine groups is 1. The van der Waals surface area contributed by atoms with Crippen molar-refractivity contribution in [1.29, 1.82) is 0 Å². The summed E-state index contributed by atoms with van der Waals surface area (Å²) in [5.41, 5.74) is 33.8. The minimum atomic E-state index is -1.62. The summed E-state index contributed by atoms with van der Waals surface area (Å²) in [4.78, 5) is 141. The predicted molar refractivity (Wildman–Crippen MR) is 311 cm³/mol. The molecule has 0 saturated carbocycles. The molecule has 0 bridgehead atoms. The Kier molecular flexibility index (Phi) is 40.2. The monoisotopic (exact) mass is 1150 g/mol. The van der Waals surface area contributed by atoms with E-state index in [1.54, 1.807) is 13.8 Å². The molecular weight excluding hydrogens is 1050 g/mol. The van der Waals surface area contributed by atoms with E-state index in [0.29, 0.717) is 83.5 Å². The zero-order chi connectivity index (χ0) is 61.5. The number of nitrogens with one attached hydrogen (secondary N) is 9. The molecule has 0 aliphatic rings. The first-order valence-corrected chi connectivity index (χ1v) is 29.4. The van der Waals surface area contributed by atoms with Crippen molar-refractivity contribution in [2.24, 2.45) is 45.3 Å². The Morgan fingerprint density at radius 1 is 0.395 bits per heavy atom. The number of carbonyl (C=O) groups excluding carboxylic acids is 10. The quantitative estimate of drug-likeness (QED) is 0.0183. The van der Waals surface area contributed by atoms with Gasteiger partial charge in [0.2, 0.25) is 59.1 Å². The van der Waals surface area contributed by atoms with Crippen LogP contribution in [0.1, 0.15) is 183 Å². The molecule has 0 saturated heterocycles. The summed E-state index contributed by atoms with van der Waals surface area (Å²) in [6, 6.07) is -11.0. The first kappa shape index (κ1) is 74.8. The lowest BCUT2D eigenvalue weighted by atomic mass is 9.96. The number of aliphatic imine (C=N–C) groups is 1. The third-order valence-corrected chi connectivity index (χ3v) is 13.7. The second-order valence-corrected chi connectivity index (χ2v) is 20.8. The van der Waals surface area contributed by atoms with E-state index >= 15 is 0 Å². The van der Waals surface area contributed by atoms with Crippen LogP contribution < -0.4 is 82.3 Å². The number of hydrogen-bond acceptors (Lipinski definition) is 15. The molecule has 0 fully saturated rings. The Balaban J connectivity index is 6.98. The highest BCUT2D eigenvalue weighted by Gasteiger charge is 2.37. The minimum Gasteiger partial charge on any atom is -0.391 e. The molecule has 466 valence electrons. The lowest BCUT2D eigenvalue weighted by Crippen LogP contribution is -2.62. The van der Waals surface area contributed by atoms with Crippen LogP contribution in [0.5, 0.6) is 0 Å². The molecule has 0 aliphatic carbocycles. The zero-order valence-corrected chi connectivity index (χ0v) is 49.5. The Hall–Kier alpha value is -6.19. The van der Waals surface area contributed by atoms with E-state index in [-0.39, 0.29) is 70.7 Å². The zero-order valence-electron chi connectivity index (χ0n) is 49.5. The maximum Gasteiger partial charge on any atom is 0.245 e. The Morgan fingerprint density at radius 2 is 0.704 bits per heavy atom. The van der Waals surface area contributed by atoms with Crippen molar-refractivity contribution >= 4 is 65.0 Å². The number of hydrogen-bond donors (Lipinski definition) is 16. The van der Waals surface area contributed by atoms with Gasteiger partial charge in [0.05, 0.1) is 12.6 Å². The first-order chi connectivity index (χ1) is 38.5. The fourth-order valence-electron chi connectivity index (χ4n) is 8.50. The smallest absolute Gasteiger partial charge is 0.245 e. The van der Waals surface area contributed by atoms with Gasteiger partial charge in [0.25, 0.3) is 0 Å². The molecule has 11 atom stereocenters. The topological polar surface area (TPSA) is 468 Å². The minimum absolute atomic E-state index is 0.0197. The fourth-order valence-corrected chi connectivity index (χ4v) is 8.50. The molecule has 22 N–H and O–H groups in total. The summed E-state index contributed by atoms with van der Waals surface area (Å²) in [5, 5.41) is 35.0. The van der Waals surface area contributed by atoms with Crippen LogP contribution >= 0.6 is 0 Å². The van der Waals surface area contributed by atoms with Gasteiger partial charge in [-0.05, 0) is 103 Å². The van der Waals surface area contributed by atoms with Gasteiger partial charge < -0.3 is 87.4 Å². The number of rotatable bonds is 46. The van der Waals surface area contributed by atoms with Crippen molar-refractivity contribution in [1.82, 2.24) is 47.9 Å². The number of nitrogens with two attached hydrogens (primary N) is 6. The molecule has 0 aromatic heterocycles. The van der Waals surface area contributed by atoms with Crippen molar-refractivity contribution in [3.63, 3.8) is 0 Å². The van der Waals surface area contributed by atoms with E-state index in [0.717, 1.165) is 12.8 Å². The maximum atomic E-state index is 14.5. The van der Waals surface area contributed by atoms with Crippen molar-refractivity contribution < 1.29 is 53.1 Å². The molecule has 0 aromatic carbocycles. The van der Waals surface area contributed by atoms with Crippen molar-refractivity contribution in [3.8, 4) is 0 Å². The van der Waals surface area contributed by atoms with E-state index in [9.17, 15) is 53.1 Å². The van der Waals surface area contributed by atoms with Crippen molar-refractivity contribution in [2.75, 3.05) is 26.2 Å².